The fourth-order valence-electron chi connectivity index (χ4n) is 3.76. The highest BCUT2D eigenvalue weighted by atomic mass is 32.1. The Bertz CT molecular complexity index is 1320. The van der Waals surface area contributed by atoms with Crippen LogP contribution in [-0.4, -0.2) is 44.4 Å². The molecule has 4 aromatic rings. The van der Waals surface area contributed by atoms with Gasteiger partial charge in [0.15, 0.2) is 0 Å². The number of rotatable bonds is 6. The van der Waals surface area contributed by atoms with E-state index in [2.05, 4.69) is 69.3 Å². The third kappa shape index (κ3) is 5.74. The van der Waals surface area contributed by atoms with Crippen molar-refractivity contribution in [2.45, 2.75) is 39.0 Å². The van der Waals surface area contributed by atoms with E-state index in [1.54, 1.807) is 31.7 Å². The van der Waals surface area contributed by atoms with Gasteiger partial charge in [-0.05, 0) is 11.6 Å². The molecule has 1 amide bonds. The molecule has 3 heterocycles. The average molecular weight is 490 g/mol. The zero-order chi connectivity index (χ0) is 24.3. The molecule has 0 aliphatic heterocycles. The lowest BCUT2D eigenvalue weighted by molar-refractivity contribution is 0.0964. The maximum absolute atomic E-state index is 12.3. The number of nitrogens with one attached hydrogen (secondary N) is 2. The molecule has 9 heteroatoms. The number of benzene rings is 1. The first-order valence-electron chi connectivity index (χ1n) is 11.3. The summed E-state index contributed by atoms with van der Waals surface area (Å²) in [5, 5.41) is 6.94. The highest BCUT2D eigenvalue weighted by molar-refractivity contribution is 7.59. The first-order valence-corrected chi connectivity index (χ1v) is 11.3. The molecule has 0 aliphatic rings. The van der Waals surface area contributed by atoms with Crippen LogP contribution in [0.2, 0.25) is 0 Å². The summed E-state index contributed by atoms with van der Waals surface area (Å²) >= 11 is 0. The molecule has 35 heavy (non-hydrogen) atoms. The van der Waals surface area contributed by atoms with Crippen molar-refractivity contribution in [3.05, 3.63) is 72.2 Å². The fourth-order valence-corrected chi connectivity index (χ4v) is 3.76. The summed E-state index contributed by atoms with van der Waals surface area (Å²) in [5.74, 6) is 1.52. The van der Waals surface area contributed by atoms with Gasteiger partial charge in [0.25, 0.3) is 5.91 Å². The average Bonchev–Trinajstić information content (AvgIpc) is 2.85. The lowest BCUT2D eigenvalue weighted by Crippen LogP contribution is -2.18. The predicted molar refractivity (Wildman–Crippen MR) is 144 cm³/mol. The van der Waals surface area contributed by atoms with Crippen LogP contribution in [0.15, 0.2) is 55.2 Å². The van der Waals surface area contributed by atoms with Gasteiger partial charge in [-0.15, -0.1) is 0 Å². The van der Waals surface area contributed by atoms with Crippen molar-refractivity contribution >= 4 is 36.1 Å². The largest absolute Gasteiger partial charge is 0.369 e. The van der Waals surface area contributed by atoms with Crippen LogP contribution in [0.1, 0.15) is 55.4 Å². The lowest BCUT2D eigenvalue weighted by Gasteiger charge is -2.17. The summed E-state index contributed by atoms with van der Waals surface area (Å²) in [6.45, 7) is 9.01. The second kappa shape index (κ2) is 10.8. The number of hydrogen-bond donors (Lipinski definition) is 2. The molecule has 0 saturated heterocycles. The van der Waals surface area contributed by atoms with Crippen LogP contribution >= 0.6 is 13.5 Å². The topological polar surface area (TPSA) is 106 Å². The van der Waals surface area contributed by atoms with E-state index in [1.165, 1.54) is 6.33 Å². The van der Waals surface area contributed by atoms with Crippen molar-refractivity contribution in [1.82, 2.24) is 30.2 Å². The predicted octanol–water partition coefficient (Wildman–Crippen LogP) is 4.47. The highest BCUT2D eigenvalue weighted by Gasteiger charge is 2.18. The van der Waals surface area contributed by atoms with E-state index in [1.807, 2.05) is 18.2 Å². The Morgan fingerprint density at radius 3 is 2.46 bits per heavy atom. The smallest absolute Gasteiger partial charge is 0.251 e. The Labute approximate surface area is 212 Å². The molecule has 0 spiro atoms. The number of amides is 1. The molecule has 3 aromatic heterocycles. The number of carbonyl (C=O) groups excluding carboxylic acids is 1. The zero-order valence-electron chi connectivity index (χ0n) is 20.6. The molecule has 0 radical (unpaired) electrons. The summed E-state index contributed by atoms with van der Waals surface area (Å²) in [6.07, 6.45) is 6.82. The standard InChI is InChI=1S/C26H29N7O.H2S/c1-16(18-7-6-8-19-20(24(34)27-5)9-10-28-23(18)19)12-29-22-11-21(32-15-33-22)17-13-30-25(31-14-17)26(2,3)4;/h6-11,13-16H,12H2,1-5H3,(H,27,34)(H,29,32,33);1H2/t16-;/m1./s1. The number of nitrogens with zero attached hydrogens (tertiary/aromatic N) is 5. The maximum atomic E-state index is 12.3. The van der Waals surface area contributed by atoms with E-state index in [9.17, 15) is 4.79 Å². The van der Waals surface area contributed by atoms with Gasteiger partial charge in [-0.1, -0.05) is 45.9 Å². The van der Waals surface area contributed by atoms with Crippen LogP contribution in [-0.2, 0) is 5.41 Å². The Balaban J connectivity index is 0.00000342. The van der Waals surface area contributed by atoms with Gasteiger partial charge in [0.1, 0.15) is 18.0 Å². The van der Waals surface area contributed by atoms with E-state index in [-0.39, 0.29) is 30.7 Å². The molecular weight excluding hydrogens is 458 g/mol. The summed E-state index contributed by atoms with van der Waals surface area (Å²) in [7, 11) is 1.63. The molecule has 0 fully saturated rings. The number of hydrogen-bond acceptors (Lipinski definition) is 7. The van der Waals surface area contributed by atoms with Gasteiger partial charge in [-0.25, -0.2) is 19.9 Å². The first kappa shape index (κ1) is 26.0. The van der Waals surface area contributed by atoms with Crippen LogP contribution in [0.5, 0.6) is 0 Å². The van der Waals surface area contributed by atoms with Gasteiger partial charge in [-0.3, -0.25) is 9.78 Å². The highest BCUT2D eigenvalue weighted by Crippen LogP contribution is 2.27. The van der Waals surface area contributed by atoms with Crippen LogP contribution in [0.25, 0.3) is 22.2 Å². The van der Waals surface area contributed by atoms with E-state index < -0.39 is 0 Å². The van der Waals surface area contributed by atoms with Crippen LogP contribution in [0.4, 0.5) is 5.82 Å². The zero-order valence-corrected chi connectivity index (χ0v) is 21.6. The molecular formula is C26H31N7OS. The molecule has 0 unspecified atom stereocenters. The molecule has 1 aromatic carbocycles. The fraction of sp³-hybridized carbons (Fsp3) is 0.308. The third-order valence-electron chi connectivity index (χ3n) is 5.68. The summed E-state index contributed by atoms with van der Waals surface area (Å²) < 4.78 is 0. The van der Waals surface area contributed by atoms with Crippen molar-refractivity contribution in [1.29, 1.82) is 0 Å². The minimum atomic E-state index is -0.122. The number of anilines is 1. The van der Waals surface area contributed by atoms with E-state index in [4.69, 9.17) is 0 Å². The molecule has 1 atom stereocenters. The van der Waals surface area contributed by atoms with Crippen molar-refractivity contribution < 1.29 is 4.79 Å². The quantitative estimate of drug-likeness (QED) is 0.412. The van der Waals surface area contributed by atoms with E-state index >= 15 is 0 Å². The number of aromatic nitrogens is 5. The van der Waals surface area contributed by atoms with Crippen molar-refractivity contribution in [3.63, 3.8) is 0 Å². The minimum Gasteiger partial charge on any atom is -0.369 e. The van der Waals surface area contributed by atoms with Crippen LogP contribution in [0, 0.1) is 0 Å². The van der Waals surface area contributed by atoms with Gasteiger partial charge in [-0.2, -0.15) is 13.5 Å². The molecule has 0 bridgehead atoms. The monoisotopic (exact) mass is 489 g/mol. The minimum absolute atomic E-state index is 0. The second-order valence-corrected chi connectivity index (χ2v) is 9.30. The van der Waals surface area contributed by atoms with Gasteiger partial charge in [0, 0.05) is 60.5 Å². The molecule has 0 aliphatic carbocycles. The number of carbonyl (C=O) groups is 1. The summed E-state index contributed by atoms with van der Waals surface area (Å²) in [6, 6.07) is 9.59. The number of fused-ring (bicyclic) bond motifs is 1. The molecule has 4 rings (SSSR count). The van der Waals surface area contributed by atoms with Crippen molar-refractivity contribution in [2.24, 2.45) is 0 Å². The van der Waals surface area contributed by atoms with Crippen LogP contribution < -0.4 is 10.6 Å². The van der Waals surface area contributed by atoms with Gasteiger partial charge < -0.3 is 10.6 Å². The van der Waals surface area contributed by atoms with Gasteiger partial charge in [0.05, 0.1) is 16.8 Å². The molecule has 182 valence electrons. The lowest BCUT2D eigenvalue weighted by atomic mass is 9.95. The third-order valence-corrected chi connectivity index (χ3v) is 5.68. The number of pyridine rings is 1. The normalized spacial score (nSPS) is 12.0. The first-order chi connectivity index (χ1) is 16.3. The van der Waals surface area contributed by atoms with E-state index in [0.717, 1.165) is 39.4 Å². The van der Waals surface area contributed by atoms with Crippen molar-refractivity contribution in [3.8, 4) is 11.3 Å². The van der Waals surface area contributed by atoms with Crippen LogP contribution in [0.3, 0.4) is 0 Å². The van der Waals surface area contributed by atoms with Gasteiger partial charge in [0.2, 0.25) is 0 Å². The summed E-state index contributed by atoms with van der Waals surface area (Å²) in [4.78, 5) is 34.6. The maximum Gasteiger partial charge on any atom is 0.251 e. The van der Waals surface area contributed by atoms with Crippen molar-refractivity contribution in [2.75, 3.05) is 18.9 Å². The number of para-hydroxylation sites is 1. The van der Waals surface area contributed by atoms with Gasteiger partial charge >= 0.3 is 0 Å². The summed E-state index contributed by atoms with van der Waals surface area (Å²) in [5.41, 5.74) is 4.01. The Hall–Kier alpha value is -3.59. The van der Waals surface area contributed by atoms with E-state index in [0.29, 0.717) is 12.1 Å². The molecule has 0 saturated carbocycles. The Morgan fingerprint density at radius 1 is 1.03 bits per heavy atom. The second-order valence-electron chi connectivity index (χ2n) is 9.30. The molecule has 8 nitrogen and oxygen atoms in total. The SMILES string of the molecule is CNC(=O)c1ccnc2c([C@H](C)CNc3cc(-c4cnc(C(C)(C)C)nc4)ncn3)cccc12.S. The Morgan fingerprint density at radius 2 is 1.77 bits per heavy atom. The Kier molecular flexibility index (Phi) is 8.01. The molecule has 2 N–H and O–H groups in total.